The van der Waals surface area contributed by atoms with Gasteiger partial charge in [0.2, 0.25) is 0 Å². The Hall–Kier alpha value is -2.68. The molecule has 1 amide bonds. The summed E-state index contributed by atoms with van der Waals surface area (Å²) in [5, 5.41) is 3.74. The summed E-state index contributed by atoms with van der Waals surface area (Å²) in [6, 6.07) is 19.5. The Morgan fingerprint density at radius 1 is 1.05 bits per heavy atom. The fraction of sp³-hybridized carbons (Fsp3) is 0.111. The monoisotopic (exact) mass is 276 g/mol. The summed E-state index contributed by atoms with van der Waals surface area (Å²) in [4.78, 5) is 17.0. The molecule has 3 aromatic rings. The topological polar surface area (TPSA) is 42.0 Å². The molecule has 0 bridgehead atoms. The van der Waals surface area contributed by atoms with Crippen LogP contribution in [0.25, 0.3) is 22.2 Å². The maximum Gasteiger partial charge on any atom is 0.252 e. The second kappa shape index (κ2) is 5.75. The molecular weight excluding hydrogens is 260 g/mol. The summed E-state index contributed by atoms with van der Waals surface area (Å²) in [6.07, 6.45) is 0. The summed E-state index contributed by atoms with van der Waals surface area (Å²) in [5.41, 5.74) is 3.32. The highest BCUT2D eigenvalue weighted by Crippen LogP contribution is 2.24. The summed E-state index contributed by atoms with van der Waals surface area (Å²) in [6.45, 7) is 2.52. The number of nitrogens with one attached hydrogen (secondary N) is 1. The highest BCUT2D eigenvalue weighted by molar-refractivity contribution is 6.07. The van der Waals surface area contributed by atoms with Gasteiger partial charge in [0.05, 0.1) is 16.8 Å². The molecule has 0 aliphatic rings. The van der Waals surface area contributed by atoms with Crippen molar-refractivity contribution in [3.8, 4) is 11.3 Å². The normalized spacial score (nSPS) is 10.5. The van der Waals surface area contributed by atoms with Crippen LogP contribution in [0.2, 0.25) is 0 Å². The third kappa shape index (κ3) is 2.63. The Labute approximate surface area is 123 Å². The summed E-state index contributed by atoms with van der Waals surface area (Å²) < 4.78 is 0. The van der Waals surface area contributed by atoms with E-state index in [1.807, 2.05) is 67.6 Å². The summed E-state index contributed by atoms with van der Waals surface area (Å²) in [5.74, 6) is -0.0618. The van der Waals surface area contributed by atoms with E-state index < -0.39 is 0 Å². The molecule has 0 unspecified atom stereocenters. The molecule has 0 aliphatic heterocycles. The van der Waals surface area contributed by atoms with Gasteiger partial charge in [-0.1, -0.05) is 48.5 Å². The van der Waals surface area contributed by atoms with Gasteiger partial charge in [0.1, 0.15) is 0 Å². The predicted molar refractivity (Wildman–Crippen MR) is 85.2 cm³/mol. The van der Waals surface area contributed by atoms with Crippen LogP contribution in [0, 0.1) is 0 Å². The Morgan fingerprint density at radius 3 is 2.52 bits per heavy atom. The van der Waals surface area contributed by atoms with Crippen molar-refractivity contribution in [2.75, 3.05) is 6.54 Å². The zero-order chi connectivity index (χ0) is 14.7. The number of fused-ring (bicyclic) bond motifs is 1. The van der Waals surface area contributed by atoms with Gasteiger partial charge < -0.3 is 5.32 Å². The first-order chi connectivity index (χ1) is 10.3. The Balaban J connectivity index is 2.22. The number of hydrogen-bond donors (Lipinski definition) is 1. The summed E-state index contributed by atoms with van der Waals surface area (Å²) in [7, 11) is 0. The number of rotatable bonds is 3. The van der Waals surface area contributed by atoms with E-state index in [2.05, 4.69) is 10.3 Å². The van der Waals surface area contributed by atoms with Crippen LogP contribution in [0.4, 0.5) is 0 Å². The number of nitrogens with zero attached hydrogens (tertiary/aromatic N) is 1. The predicted octanol–water partition coefficient (Wildman–Crippen LogP) is 3.65. The van der Waals surface area contributed by atoms with E-state index >= 15 is 0 Å². The second-order valence-electron chi connectivity index (χ2n) is 4.80. The van der Waals surface area contributed by atoms with E-state index in [4.69, 9.17) is 0 Å². The molecule has 21 heavy (non-hydrogen) atoms. The highest BCUT2D eigenvalue weighted by Gasteiger charge is 2.12. The van der Waals surface area contributed by atoms with Crippen LogP contribution < -0.4 is 5.32 Å². The minimum absolute atomic E-state index is 0.0618. The van der Waals surface area contributed by atoms with Crippen LogP contribution in [-0.2, 0) is 0 Å². The molecule has 3 heteroatoms. The van der Waals surface area contributed by atoms with Gasteiger partial charge in [0.15, 0.2) is 0 Å². The smallest absolute Gasteiger partial charge is 0.252 e. The zero-order valence-corrected chi connectivity index (χ0v) is 11.8. The Bertz CT molecular complexity index is 782. The quantitative estimate of drug-likeness (QED) is 0.793. The van der Waals surface area contributed by atoms with Crippen LogP contribution in [0.15, 0.2) is 60.7 Å². The second-order valence-corrected chi connectivity index (χ2v) is 4.80. The number of benzene rings is 2. The van der Waals surface area contributed by atoms with Gasteiger partial charge in [0.25, 0.3) is 5.91 Å². The van der Waals surface area contributed by atoms with E-state index in [0.29, 0.717) is 12.1 Å². The molecule has 3 nitrogen and oxygen atoms in total. The lowest BCUT2D eigenvalue weighted by Gasteiger charge is -2.09. The van der Waals surface area contributed by atoms with Crippen LogP contribution in [0.5, 0.6) is 0 Å². The van der Waals surface area contributed by atoms with Crippen LogP contribution in [0.1, 0.15) is 17.3 Å². The molecule has 0 spiro atoms. The van der Waals surface area contributed by atoms with Gasteiger partial charge >= 0.3 is 0 Å². The minimum atomic E-state index is -0.0618. The maximum absolute atomic E-state index is 12.3. The first-order valence-electron chi connectivity index (χ1n) is 7.03. The fourth-order valence-corrected chi connectivity index (χ4v) is 2.38. The molecule has 1 heterocycles. The van der Waals surface area contributed by atoms with Crippen LogP contribution in [0.3, 0.4) is 0 Å². The molecule has 0 fully saturated rings. The first kappa shape index (κ1) is 13.3. The molecule has 2 aromatic carbocycles. The lowest BCUT2D eigenvalue weighted by atomic mass is 10.0. The molecule has 0 radical (unpaired) electrons. The van der Waals surface area contributed by atoms with Gasteiger partial charge in [-0.05, 0) is 19.1 Å². The SMILES string of the molecule is CCNC(=O)c1cc(-c2ccccc2)nc2ccccc12. The zero-order valence-electron chi connectivity index (χ0n) is 11.8. The number of pyridine rings is 1. The molecule has 0 atom stereocenters. The van der Waals surface area contributed by atoms with Gasteiger partial charge in [-0.2, -0.15) is 0 Å². The van der Waals surface area contributed by atoms with Gasteiger partial charge in [-0.15, -0.1) is 0 Å². The van der Waals surface area contributed by atoms with Crippen molar-refractivity contribution in [1.82, 2.24) is 10.3 Å². The van der Waals surface area contributed by atoms with Crippen molar-refractivity contribution < 1.29 is 4.79 Å². The van der Waals surface area contributed by atoms with Crippen LogP contribution in [-0.4, -0.2) is 17.4 Å². The lowest BCUT2D eigenvalue weighted by Crippen LogP contribution is -2.23. The van der Waals surface area contributed by atoms with Crippen LogP contribution >= 0.6 is 0 Å². The average molecular weight is 276 g/mol. The number of aromatic nitrogens is 1. The van der Waals surface area contributed by atoms with E-state index in [-0.39, 0.29) is 5.91 Å². The van der Waals surface area contributed by atoms with Gasteiger partial charge in [0, 0.05) is 17.5 Å². The maximum atomic E-state index is 12.3. The van der Waals surface area contributed by atoms with Crippen molar-refractivity contribution in [3.63, 3.8) is 0 Å². The number of carbonyl (C=O) groups excluding carboxylic acids is 1. The molecule has 0 saturated carbocycles. The van der Waals surface area contributed by atoms with Crippen molar-refractivity contribution in [1.29, 1.82) is 0 Å². The summed E-state index contributed by atoms with van der Waals surface area (Å²) >= 11 is 0. The van der Waals surface area contributed by atoms with Gasteiger partial charge in [-0.3, -0.25) is 4.79 Å². The molecule has 0 aliphatic carbocycles. The van der Waals surface area contributed by atoms with E-state index in [9.17, 15) is 4.79 Å². The Morgan fingerprint density at radius 2 is 1.76 bits per heavy atom. The number of amides is 1. The standard InChI is InChI=1S/C18H16N2O/c1-2-19-18(21)15-12-17(13-8-4-3-5-9-13)20-16-11-7-6-10-14(15)16/h3-12H,2H2,1H3,(H,19,21). The third-order valence-corrected chi connectivity index (χ3v) is 3.37. The molecular formula is C18H16N2O. The highest BCUT2D eigenvalue weighted by atomic mass is 16.1. The molecule has 1 N–H and O–H groups in total. The fourth-order valence-electron chi connectivity index (χ4n) is 2.38. The molecule has 1 aromatic heterocycles. The number of carbonyl (C=O) groups is 1. The number of para-hydroxylation sites is 1. The lowest BCUT2D eigenvalue weighted by molar-refractivity contribution is 0.0957. The largest absolute Gasteiger partial charge is 0.352 e. The Kier molecular flexibility index (Phi) is 3.65. The van der Waals surface area contributed by atoms with E-state index in [1.165, 1.54) is 0 Å². The van der Waals surface area contributed by atoms with E-state index in [1.54, 1.807) is 0 Å². The first-order valence-corrected chi connectivity index (χ1v) is 7.03. The molecule has 0 saturated heterocycles. The van der Waals surface area contributed by atoms with Crippen molar-refractivity contribution in [3.05, 3.63) is 66.2 Å². The minimum Gasteiger partial charge on any atom is -0.352 e. The molecule has 3 rings (SSSR count). The van der Waals surface area contributed by atoms with Gasteiger partial charge in [-0.25, -0.2) is 4.98 Å². The number of hydrogen-bond acceptors (Lipinski definition) is 2. The van der Waals surface area contributed by atoms with Crippen molar-refractivity contribution in [2.24, 2.45) is 0 Å². The average Bonchev–Trinajstić information content (AvgIpc) is 2.55. The third-order valence-electron chi connectivity index (χ3n) is 3.37. The van der Waals surface area contributed by atoms with E-state index in [0.717, 1.165) is 22.2 Å². The van der Waals surface area contributed by atoms with Crippen molar-refractivity contribution in [2.45, 2.75) is 6.92 Å². The molecule has 104 valence electrons. The van der Waals surface area contributed by atoms with Crippen molar-refractivity contribution >= 4 is 16.8 Å².